The summed E-state index contributed by atoms with van der Waals surface area (Å²) in [6, 6.07) is 2.03. The Balaban J connectivity index is 2.12. The number of anilines is 2. The highest BCUT2D eigenvalue weighted by Crippen LogP contribution is 2.21. The van der Waals surface area contributed by atoms with Crippen LogP contribution < -0.4 is 10.2 Å². The van der Waals surface area contributed by atoms with Crippen LogP contribution >= 0.6 is 0 Å². The molecule has 0 saturated carbocycles. The zero-order chi connectivity index (χ0) is 15.2. The molecule has 0 radical (unpaired) electrons. The van der Waals surface area contributed by atoms with E-state index in [9.17, 15) is 0 Å². The predicted octanol–water partition coefficient (Wildman–Crippen LogP) is 3.04. The van der Waals surface area contributed by atoms with E-state index in [2.05, 4.69) is 43.0 Å². The molecule has 0 bridgehead atoms. The summed E-state index contributed by atoms with van der Waals surface area (Å²) >= 11 is 0. The molecule has 1 fully saturated rings. The van der Waals surface area contributed by atoms with E-state index in [1.54, 1.807) is 0 Å². The van der Waals surface area contributed by atoms with Crippen LogP contribution in [0.2, 0.25) is 0 Å². The lowest BCUT2D eigenvalue weighted by Gasteiger charge is -2.28. The van der Waals surface area contributed by atoms with Gasteiger partial charge in [0, 0.05) is 38.7 Å². The Kier molecular flexibility index (Phi) is 5.79. The zero-order valence-corrected chi connectivity index (χ0v) is 13.7. The minimum atomic E-state index is 0.321. The molecular formula is C16H28N4O. The second-order valence-electron chi connectivity index (χ2n) is 6.02. The van der Waals surface area contributed by atoms with E-state index in [1.165, 1.54) is 12.8 Å². The number of rotatable bonds is 6. The number of likely N-dealkylation sites (N-methyl/N-ethyl adjacent to an activating group) is 1. The number of aromatic nitrogens is 2. The number of nitrogens with one attached hydrogen (secondary N) is 1. The van der Waals surface area contributed by atoms with Crippen molar-refractivity contribution in [1.29, 1.82) is 0 Å². The van der Waals surface area contributed by atoms with Gasteiger partial charge in [0.1, 0.15) is 17.5 Å². The first-order valence-electron chi connectivity index (χ1n) is 8.05. The maximum absolute atomic E-state index is 5.82. The Labute approximate surface area is 128 Å². The zero-order valence-electron chi connectivity index (χ0n) is 13.7. The number of ether oxygens (including phenoxy) is 1. The van der Waals surface area contributed by atoms with Crippen molar-refractivity contribution in [3.8, 4) is 0 Å². The highest BCUT2D eigenvalue weighted by Gasteiger charge is 2.18. The van der Waals surface area contributed by atoms with E-state index in [-0.39, 0.29) is 0 Å². The first-order chi connectivity index (χ1) is 10.1. The molecule has 1 atom stereocenters. The first kappa shape index (κ1) is 16.0. The van der Waals surface area contributed by atoms with Crippen molar-refractivity contribution in [3.05, 3.63) is 11.9 Å². The van der Waals surface area contributed by atoms with Gasteiger partial charge in [-0.3, -0.25) is 0 Å². The molecule has 0 aliphatic carbocycles. The SMILES string of the molecule is CCNc1cc(N(C)CC2CCCCO2)nc(C(C)C)n1. The number of hydrogen-bond donors (Lipinski definition) is 1. The van der Waals surface area contributed by atoms with Crippen LogP contribution in [0.15, 0.2) is 6.07 Å². The Morgan fingerprint density at radius 3 is 2.81 bits per heavy atom. The average molecular weight is 292 g/mol. The van der Waals surface area contributed by atoms with Gasteiger partial charge in [0.2, 0.25) is 0 Å². The standard InChI is InChI=1S/C16H28N4O/c1-5-17-14-10-15(19-16(18-14)12(2)3)20(4)11-13-8-6-7-9-21-13/h10,12-13H,5-9,11H2,1-4H3,(H,17,18,19). The Bertz CT molecular complexity index is 444. The smallest absolute Gasteiger partial charge is 0.135 e. The highest BCUT2D eigenvalue weighted by atomic mass is 16.5. The monoisotopic (exact) mass is 292 g/mol. The van der Waals surface area contributed by atoms with Gasteiger partial charge in [-0.1, -0.05) is 13.8 Å². The summed E-state index contributed by atoms with van der Waals surface area (Å²) < 4.78 is 5.82. The average Bonchev–Trinajstić information content (AvgIpc) is 2.48. The lowest BCUT2D eigenvalue weighted by Crippen LogP contribution is -2.34. The summed E-state index contributed by atoms with van der Waals surface area (Å²) in [4.78, 5) is 11.5. The van der Waals surface area contributed by atoms with Gasteiger partial charge in [0.25, 0.3) is 0 Å². The quantitative estimate of drug-likeness (QED) is 0.873. The highest BCUT2D eigenvalue weighted by molar-refractivity contribution is 5.49. The summed E-state index contributed by atoms with van der Waals surface area (Å²) in [7, 11) is 2.08. The molecular weight excluding hydrogens is 264 g/mol. The molecule has 1 saturated heterocycles. The molecule has 118 valence electrons. The number of nitrogens with zero attached hydrogens (tertiary/aromatic N) is 3. The fourth-order valence-corrected chi connectivity index (χ4v) is 2.53. The van der Waals surface area contributed by atoms with Crippen LogP contribution in [0.1, 0.15) is 51.8 Å². The van der Waals surface area contributed by atoms with E-state index >= 15 is 0 Å². The van der Waals surface area contributed by atoms with Gasteiger partial charge in [-0.15, -0.1) is 0 Å². The summed E-state index contributed by atoms with van der Waals surface area (Å²) in [5.74, 6) is 3.09. The van der Waals surface area contributed by atoms with Crippen LogP contribution in [0.3, 0.4) is 0 Å². The Morgan fingerprint density at radius 2 is 2.19 bits per heavy atom. The van der Waals surface area contributed by atoms with E-state index in [0.717, 1.165) is 43.6 Å². The molecule has 0 spiro atoms. The normalized spacial score (nSPS) is 18.8. The largest absolute Gasteiger partial charge is 0.376 e. The molecule has 1 aliphatic heterocycles. The second-order valence-corrected chi connectivity index (χ2v) is 6.02. The molecule has 0 aromatic carbocycles. The molecule has 2 rings (SSSR count). The molecule has 1 aromatic rings. The summed E-state index contributed by atoms with van der Waals surface area (Å²) in [5, 5.41) is 3.29. The van der Waals surface area contributed by atoms with Crippen LogP contribution in [-0.4, -0.2) is 42.8 Å². The van der Waals surface area contributed by atoms with Gasteiger partial charge in [0.15, 0.2) is 0 Å². The van der Waals surface area contributed by atoms with Gasteiger partial charge in [0.05, 0.1) is 6.10 Å². The van der Waals surface area contributed by atoms with Crippen LogP contribution in [0.4, 0.5) is 11.6 Å². The third-order valence-electron chi connectivity index (χ3n) is 3.75. The maximum Gasteiger partial charge on any atom is 0.135 e. The van der Waals surface area contributed by atoms with Crippen molar-refractivity contribution in [2.75, 3.05) is 37.0 Å². The second kappa shape index (κ2) is 7.59. The van der Waals surface area contributed by atoms with Gasteiger partial charge in [-0.2, -0.15) is 0 Å². The molecule has 21 heavy (non-hydrogen) atoms. The van der Waals surface area contributed by atoms with E-state index in [1.807, 2.05) is 6.07 Å². The van der Waals surface area contributed by atoms with Crippen molar-refractivity contribution in [3.63, 3.8) is 0 Å². The van der Waals surface area contributed by atoms with Crippen molar-refractivity contribution < 1.29 is 4.74 Å². The van der Waals surface area contributed by atoms with Crippen molar-refractivity contribution in [1.82, 2.24) is 9.97 Å². The first-order valence-corrected chi connectivity index (χ1v) is 8.05. The van der Waals surface area contributed by atoms with Gasteiger partial charge >= 0.3 is 0 Å². The van der Waals surface area contributed by atoms with Crippen molar-refractivity contribution >= 4 is 11.6 Å². The molecule has 1 N–H and O–H groups in total. The van der Waals surface area contributed by atoms with E-state index in [0.29, 0.717) is 12.0 Å². The lowest BCUT2D eigenvalue weighted by molar-refractivity contribution is 0.0215. The van der Waals surface area contributed by atoms with E-state index in [4.69, 9.17) is 9.72 Å². The summed E-state index contributed by atoms with van der Waals surface area (Å²) in [6.07, 6.45) is 3.92. The van der Waals surface area contributed by atoms with Crippen LogP contribution in [-0.2, 0) is 4.74 Å². The molecule has 5 heteroatoms. The molecule has 0 amide bonds. The van der Waals surface area contributed by atoms with Crippen molar-refractivity contribution in [2.45, 2.75) is 52.1 Å². The van der Waals surface area contributed by atoms with Gasteiger partial charge < -0.3 is 15.0 Å². The predicted molar refractivity (Wildman–Crippen MR) is 87.1 cm³/mol. The van der Waals surface area contributed by atoms with E-state index < -0.39 is 0 Å². The topological polar surface area (TPSA) is 50.3 Å². The lowest BCUT2D eigenvalue weighted by atomic mass is 10.1. The third kappa shape index (κ3) is 4.56. The van der Waals surface area contributed by atoms with Gasteiger partial charge in [-0.05, 0) is 26.2 Å². The van der Waals surface area contributed by atoms with Crippen LogP contribution in [0.5, 0.6) is 0 Å². The Hall–Kier alpha value is -1.36. The summed E-state index contributed by atoms with van der Waals surface area (Å²) in [5.41, 5.74) is 0. The fourth-order valence-electron chi connectivity index (χ4n) is 2.53. The molecule has 1 aliphatic rings. The van der Waals surface area contributed by atoms with Crippen molar-refractivity contribution in [2.24, 2.45) is 0 Å². The minimum absolute atomic E-state index is 0.321. The molecule has 1 aromatic heterocycles. The minimum Gasteiger partial charge on any atom is -0.376 e. The van der Waals surface area contributed by atoms with Crippen LogP contribution in [0.25, 0.3) is 0 Å². The summed E-state index contributed by atoms with van der Waals surface area (Å²) in [6.45, 7) is 8.97. The maximum atomic E-state index is 5.82. The number of hydrogen-bond acceptors (Lipinski definition) is 5. The van der Waals surface area contributed by atoms with Gasteiger partial charge in [-0.25, -0.2) is 9.97 Å². The molecule has 2 heterocycles. The van der Waals surface area contributed by atoms with Crippen LogP contribution in [0, 0.1) is 0 Å². The fraction of sp³-hybridized carbons (Fsp3) is 0.750. The Morgan fingerprint density at radius 1 is 1.38 bits per heavy atom. The molecule has 1 unspecified atom stereocenters. The third-order valence-corrected chi connectivity index (χ3v) is 3.75. The molecule has 5 nitrogen and oxygen atoms in total.